The molecule has 1 unspecified atom stereocenters. The summed E-state index contributed by atoms with van der Waals surface area (Å²) in [5.74, 6) is 1.34. The van der Waals surface area contributed by atoms with E-state index < -0.39 is 6.04 Å². The first kappa shape index (κ1) is 19.1. The maximum atomic E-state index is 13.3. The molecule has 2 aliphatic heterocycles. The van der Waals surface area contributed by atoms with Crippen LogP contribution >= 0.6 is 23.4 Å². The molecule has 0 aromatic heterocycles. The van der Waals surface area contributed by atoms with Crippen molar-refractivity contribution in [2.24, 2.45) is 9.98 Å². The van der Waals surface area contributed by atoms with Crippen molar-refractivity contribution in [3.8, 4) is 0 Å². The van der Waals surface area contributed by atoms with E-state index in [2.05, 4.69) is 0 Å². The highest BCUT2D eigenvalue weighted by atomic mass is 35.5. The predicted molar refractivity (Wildman–Crippen MR) is 124 cm³/mol. The van der Waals surface area contributed by atoms with Crippen LogP contribution in [0.25, 0.3) is 0 Å². The second-order valence-corrected chi connectivity index (χ2v) is 8.54. The molecule has 2 heterocycles. The number of fused-ring (bicyclic) bond motifs is 3. The Hall–Kier alpha value is -2.89. The molecule has 4 nitrogen and oxygen atoms in total. The molecule has 3 aromatic rings. The fourth-order valence-corrected chi connectivity index (χ4v) is 4.80. The van der Waals surface area contributed by atoms with Crippen LogP contribution in [0.5, 0.6) is 0 Å². The number of amides is 1. The van der Waals surface area contributed by atoms with Gasteiger partial charge in [-0.25, -0.2) is 9.89 Å². The smallest absolute Gasteiger partial charge is 0.259 e. The number of para-hydroxylation sites is 1. The first-order valence-corrected chi connectivity index (χ1v) is 11.1. The minimum atomic E-state index is -0.439. The molecule has 0 bridgehead atoms. The molecule has 0 radical (unpaired) electrons. The average molecular weight is 432 g/mol. The summed E-state index contributed by atoms with van der Waals surface area (Å²) >= 11 is 7.65. The minimum Gasteiger partial charge on any atom is -0.271 e. The van der Waals surface area contributed by atoms with Gasteiger partial charge in [-0.05, 0) is 35.4 Å². The molecule has 148 valence electrons. The van der Waals surface area contributed by atoms with Crippen LogP contribution < -0.4 is 0 Å². The summed E-state index contributed by atoms with van der Waals surface area (Å²) in [7, 11) is 0. The van der Waals surface area contributed by atoms with Crippen molar-refractivity contribution in [3.63, 3.8) is 0 Å². The zero-order valence-corrected chi connectivity index (χ0v) is 17.6. The molecule has 0 saturated carbocycles. The van der Waals surface area contributed by atoms with Gasteiger partial charge in [0, 0.05) is 22.8 Å². The Balaban J connectivity index is 1.46. The van der Waals surface area contributed by atoms with E-state index in [0.717, 1.165) is 22.4 Å². The van der Waals surface area contributed by atoms with Crippen LogP contribution in [0, 0.1) is 0 Å². The van der Waals surface area contributed by atoms with Gasteiger partial charge >= 0.3 is 0 Å². The number of halogens is 1. The molecule has 1 atom stereocenters. The quantitative estimate of drug-likeness (QED) is 0.549. The van der Waals surface area contributed by atoms with Gasteiger partial charge in [-0.3, -0.25) is 9.79 Å². The lowest BCUT2D eigenvalue weighted by atomic mass is 10.1. The van der Waals surface area contributed by atoms with Crippen LogP contribution in [0.1, 0.15) is 16.7 Å². The molecule has 3 aromatic carbocycles. The predicted octanol–water partition coefficient (Wildman–Crippen LogP) is 5.47. The number of nitrogens with zero attached hydrogens (tertiary/aromatic N) is 3. The maximum Gasteiger partial charge on any atom is 0.259 e. The highest BCUT2D eigenvalue weighted by molar-refractivity contribution is 8.13. The molecule has 6 heteroatoms. The number of carbonyl (C=O) groups is 1. The molecule has 5 rings (SSSR count). The van der Waals surface area contributed by atoms with Crippen molar-refractivity contribution >= 4 is 46.0 Å². The number of benzene rings is 3. The van der Waals surface area contributed by atoms with Crippen LogP contribution in [0.3, 0.4) is 0 Å². The maximum absolute atomic E-state index is 13.3. The van der Waals surface area contributed by atoms with Crippen LogP contribution in [0.2, 0.25) is 5.02 Å². The van der Waals surface area contributed by atoms with Gasteiger partial charge < -0.3 is 0 Å². The van der Waals surface area contributed by atoms with Gasteiger partial charge in [0.25, 0.3) is 5.91 Å². The zero-order chi connectivity index (χ0) is 20.5. The number of hydrogen-bond donors (Lipinski definition) is 0. The molecule has 0 saturated heterocycles. The highest BCUT2D eigenvalue weighted by Gasteiger charge is 2.41. The van der Waals surface area contributed by atoms with Crippen molar-refractivity contribution in [2.45, 2.75) is 18.2 Å². The van der Waals surface area contributed by atoms with Crippen molar-refractivity contribution < 1.29 is 4.79 Å². The molecule has 2 aliphatic rings. The van der Waals surface area contributed by atoms with E-state index in [4.69, 9.17) is 21.6 Å². The minimum absolute atomic E-state index is 0.0271. The Morgan fingerprint density at radius 1 is 0.933 bits per heavy atom. The topological polar surface area (TPSA) is 45.0 Å². The fourth-order valence-electron chi connectivity index (χ4n) is 3.64. The summed E-state index contributed by atoms with van der Waals surface area (Å²) in [6, 6.07) is 25.1. The van der Waals surface area contributed by atoms with Crippen molar-refractivity contribution in [1.29, 1.82) is 0 Å². The Morgan fingerprint density at radius 2 is 1.70 bits per heavy atom. The average Bonchev–Trinajstić information content (AvgIpc) is 3.09. The van der Waals surface area contributed by atoms with E-state index >= 15 is 0 Å². The number of rotatable bonds is 4. The summed E-state index contributed by atoms with van der Waals surface area (Å²) in [5, 5.41) is 1.36. The molecule has 0 aliphatic carbocycles. The normalized spacial score (nSPS) is 17.3. The van der Waals surface area contributed by atoms with Gasteiger partial charge in [-0.1, -0.05) is 78.0 Å². The van der Waals surface area contributed by atoms with E-state index in [0.29, 0.717) is 28.2 Å². The lowest BCUT2D eigenvalue weighted by Gasteiger charge is -2.25. The number of carbonyl (C=O) groups excluding carboxylic acids is 1. The van der Waals surface area contributed by atoms with Crippen molar-refractivity contribution in [3.05, 3.63) is 101 Å². The Morgan fingerprint density at radius 3 is 2.53 bits per heavy atom. The van der Waals surface area contributed by atoms with Gasteiger partial charge in [0.05, 0.1) is 5.69 Å². The largest absolute Gasteiger partial charge is 0.271 e. The van der Waals surface area contributed by atoms with Crippen molar-refractivity contribution in [2.75, 3.05) is 0 Å². The van der Waals surface area contributed by atoms with Gasteiger partial charge in [0.15, 0.2) is 5.17 Å². The molecule has 0 spiro atoms. The van der Waals surface area contributed by atoms with E-state index in [-0.39, 0.29) is 5.91 Å². The second-order valence-electron chi connectivity index (χ2n) is 7.16. The van der Waals surface area contributed by atoms with Gasteiger partial charge in [-0.15, -0.1) is 0 Å². The summed E-state index contributed by atoms with van der Waals surface area (Å²) in [4.78, 5) is 24.6. The molecule has 0 N–H and O–H groups in total. The third-order valence-corrected chi connectivity index (χ3v) is 6.32. The first-order chi connectivity index (χ1) is 14.7. The third-order valence-electron chi connectivity index (χ3n) is 5.08. The second kappa shape index (κ2) is 8.09. The molecule has 0 fully saturated rings. The summed E-state index contributed by atoms with van der Waals surface area (Å²) in [6.07, 6.45) is 0.577. The molecular formula is C24H18ClN3OS. The van der Waals surface area contributed by atoms with Gasteiger partial charge in [-0.2, -0.15) is 0 Å². The Bertz CT molecular complexity index is 1180. The van der Waals surface area contributed by atoms with E-state index in [1.807, 2.05) is 78.9 Å². The number of thioether (sulfide) groups is 1. The number of aliphatic imine (C=N–C) groups is 2. The number of hydrogen-bond acceptors (Lipinski definition) is 4. The van der Waals surface area contributed by atoms with Crippen LogP contribution in [-0.2, 0) is 17.0 Å². The standard InChI is InChI=1S/C24H18ClN3OS/c25-18-10-6-9-17(13-18)15-30-24-27-20-12-5-4-11-19(20)22-26-21(23(29)28(22)24)14-16-7-2-1-3-8-16/h1-13,21H,14-15H2. The number of amidine groups is 2. The van der Waals surface area contributed by atoms with Crippen LogP contribution in [0.15, 0.2) is 88.8 Å². The van der Waals surface area contributed by atoms with E-state index in [1.54, 1.807) is 4.90 Å². The summed E-state index contributed by atoms with van der Waals surface area (Å²) in [6.45, 7) is 0. The first-order valence-electron chi connectivity index (χ1n) is 9.70. The molecule has 30 heavy (non-hydrogen) atoms. The Labute approximate surface area is 184 Å². The van der Waals surface area contributed by atoms with Gasteiger partial charge in [0.2, 0.25) is 0 Å². The highest BCUT2D eigenvalue weighted by Crippen LogP contribution is 2.35. The summed E-state index contributed by atoms with van der Waals surface area (Å²) < 4.78 is 0. The Kier molecular flexibility index (Phi) is 5.15. The van der Waals surface area contributed by atoms with Crippen LogP contribution in [0.4, 0.5) is 5.69 Å². The van der Waals surface area contributed by atoms with Crippen molar-refractivity contribution in [1.82, 2.24) is 4.90 Å². The zero-order valence-electron chi connectivity index (χ0n) is 16.0. The lowest BCUT2D eigenvalue weighted by molar-refractivity contribution is -0.124. The third kappa shape index (κ3) is 3.66. The summed E-state index contributed by atoms with van der Waals surface area (Å²) in [5.41, 5.74) is 3.92. The van der Waals surface area contributed by atoms with Crippen LogP contribution in [-0.4, -0.2) is 27.9 Å². The molecule has 1 amide bonds. The SMILES string of the molecule is O=C1C(Cc2ccccc2)N=C2c3ccccc3N=C(SCc3cccc(Cl)c3)N12. The molecular weight excluding hydrogens is 414 g/mol. The lowest BCUT2D eigenvalue weighted by Crippen LogP contribution is -2.41. The van der Waals surface area contributed by atoms with Gasteiger partial charge in [0.1, 0.15) is 11.9 Å². The van der Waals surface area contributed by atoms with E-state index in [1.165, 1.54) is 11.8 Å². The van der Waals surface area contributed by atoms with E-state index in [9.17, 15) is 4.79 Å². The monoisotopic (exact) mass is 431 g/mol. The fraction of sp³-hybridized carbons (Fsp3) is 0.125.